The third-order valence-electron chi connectivity index (χ3n) is 4.77. The summed E-state index contributed by atoms with van der Waals surface area (Å²) in [5, 5.41) is 13.4. The number of hydrogen-bond acceptors (Lipinski definition) is 4. The van der Waals surface area contributed by atoms with Crippen molar-refractivity contribution in [2.75, 3.05) is 6.79 Å². The maximum Gasteiger partial charge on any atom is 0.262 e. The minimum atomic E-state index is -0.461. The molecule has 0 bridgehead atoms. The fourth-order valence-electron chi connectivity index (χ4n) is 3.16. The number of hydrogen-bond donors (Lipinski definition) is 1. The molecular weight excluding hydrogens is 437 g/mol. The molecule has 1 aliphatic rings. The van der Waals surface area contributed by atoms with Gasteiger partial charge in [0, 0.05) is 35.0 Å². The molecule has 1 aromatic heterocycles. The van der Waals surface area contributed by atoms with Crippen molar-refractivity contribution in [3.8, 4) is 17.6 Å². The summed E-state index contributed by atoms with van der Waals surface area (Å²) in [7, 11) is 0. The van der Waals surface area contributed by atoms with Crippen LogP contribution in [0.1, 0.15) is 16.8 Å². The number of amides is 1. The van der Waals surface area contributed by atoms with Crippen molar-refractivity contribution in [2.24, 2.45) is 0 Å². The predicted molar refractivity (Wildman–Crippen MR) is 118 cm³/mol. The summed E-state index contributed by atoms with van der Waals surface area (Å²) in [5.41, 5.74) is 2.43. The Kier molecular flexibility index (Phi) is 6.17. The number of ether oxygens (including phenoxy) is 2. The molecule has 0 saturated carbocycles. The van der Waals surface area contributed by atoms with Crippen LogP contribution >= 0.6 is 23.2 Å². The molecule has 0 fully saturated rings. The molecule has 0 spiro atoms. The molecule has 0 unspecified atom stereocenters. The SMILES string of the molecule is N#C/C(=C\c1cccn1Cc1ccc(Cl)cc1Cl)C(=O)NCc1ccc2c(c1)OCO2. The van der Waals surface area contributed by atoms with Gasteiger partial charge in [0.25, 0.3) is 5.91 Å². The second-order valence-electron chi connectivity index (χ2n) is 6.84. The largest absolute Gasteiger partial charge is 0.454 e. The van der Waals surface area contributed by atoms with Gasteiger partial charge in [0.1, 0.15) is 11.6 Å². The molecule has 0 saturated heterocycles. The van der Waals surface area contributed by atoms with Crippen LogP contribution in [-0.2, 0) is 17.9 Å². The Morgan fingerprint density at radius 2 is 2.00 bits per heavy atom. The summed E-state index contributed by atoms with van der Waals surface area (Å²) in [6.07, 6.45) is 3.41. The Morgan fingerprint density at radius 1 is 1.16 bits per heavy atom. The topological polar surface area (TPSA) is 76.3 Å². The highest BCUT2D eigenvalue weighted by Gasteiger charge is 2.15. The van der Waals surface area contributed by atoms with E-state index >= 15 is 0 Å². The Balaban J connectivity index is 1.46. The van der Waals surface area contributed by atoms with Crippen LogP contribution in [0.3, 0.4) is 0 Å². The van der Waals surface area contributed by atoms with Crippen LogP contribution in [0, 0.1) is 11.3 Å². The van der Waals surface area contributed by atoms with Crippen LogP contribution in [0.15, 0.2) is 60.3 Å². The number of nitriles is 1. The number of nitrogens with one attached hydrogen (secondary N) is 1. The Morgan fingerprint density at radius 3 is 2.81 bits per heavy atom. The van der Waals surface area contributed by atoms with Crippen LogP contribution in [0.25, 0.3) is 6.08 Å². The van der Waals surface area contributed by atoms with Gasteiger partial charge in [-0.3, -0.25) is 4.79 Å². The minimum absolute atomic E-state index is 0.00268. The maximum absolute atomic E-state index is 12.6. The number of carbonyl (C=O) groups excluding carboxylic acids is 1. The lowest BCUT2D eigenvalue weighted by Crippen LogP contribution is -2.24. The molecule has 3 aromatic rings. The summed E-state index contributed by atoms with van der Waals surface area (Å²) in [6.45, 7) is 0.926. The second-order valence-corrected chi connectivity index (χ2v) is 7.68. The molecule has 156 valence electrons. The molecule has 8 heteroatoms. The first kappa shape index (κ1) is 20.9. The smallest absolute Gasteiger partial charge is 0.262 e. The van der Waals surface area contributed by atoms with E-state index in [9.17, 15) is 10.1 Å². The summed E-state index contributed by atoms with van der Waals surface area (Å²) in [4.78, 5) is 12.6. The van der Waals surface area contributed by atoms with Crippen LogP contribution in [0.4, 0.5) is 0 Å². The molecular formula is C23H17Cl2N3O3. The summed E-state index contributed by atoms with van der Waals surface area (Å²) >= 11 is 12.2. The fraction of sp³-hybridized carbons (Fsp3) is 0.130. The van der Waals surface area contributed by atoms with Gasteiger partial charge in [-0.25, -0.2) is 0 Å². The van der Waals surface area contributed by atoms with Crippen molar-refractivity contribution in [2.45, 2.75) is 13.1 Å². The maximum atomic E-state index is 12.6. The van der Waals surface area contributed by atoms with E-state index in [0.717, 1.165) is 11.1 Å². The number of nitrogens with zero attached hydrogens (tertiary/aromatic N) is 2. The average molecular weight is 454 g/mol. The third-order valence-corrected chi connectivity index (χ3v) is 5.35. The second kappa shape index (κ2) is 9.17. The first-order valence-electron chi connectivity index (χ1n) is 9.41. The zero-order valence-electron chi connectivity index (χ0n) is 16.3. The van der Waals surface area contributed by atoms with E-state index in [1.807, 2.05) is 41.1 Å². The fourth-order valence-corrected chi connectivity index (χ4v) is 3.63. The summed E-state index contributed by atoms with van der Waals surface area (Å²) < 4.78 is 12.5. The molecule has 0 atom stereocenters. The molecule has 0 radical (unpaired) electrons. The van der Waals surface area contributed by atoms with Gasteiger partial charge in [-0.15, -0.1) is 0 Å². The number of aromatic nitrogens is 1. The quantitative estimate of drug-likeness (QED) is 0.429. The number of halogens is 2. The van der Waals surface area contributed by atoms with Gasteiger partial charge < -0.3 is 19.4 Å². The van der Waals surface area contributed by atoms with E-state index in [1.165, 1.54) is 0 Å². The number of carbonyl (C=O) groups is 1. The Bertz CT molecular complexity index is 1210. The van der Waals surface area contributed by atoms with E-state index in [0.29, 0.717) is 33.8 Å². The Labute approximate surface area is 189 Å². The van der Waals surface area contributed by atoms with E-state index in [4.69, 9.17) is 32.7 Å². The lowest BCUT2D eigenvalue weighted by Gasteiger charge is -2.10. The van der Waals surface area contributed by atoms with Gasteiger partial charge in [-0.05, 0) is 53.6 Å². The molecule has 2 heterocycles. The molecule has 1 N–H and O–H groups in total. The van der Waals surface area contributed by atoms with Crippen molar-refractivity contribution in [1.82, 2.24) is 9.88 Å². The molecule has 1 aliphatic heterocycles. The molecule has 6 nitrogen and oxygen atoms in total. The molecule has 31 heavy (non-hydrogen) atoms. The van der Waals surface area contributed by atoms with Crippen LogP contribution in [-0.4, -0.2) is 17.3 Å². The zero-order chi connectivity index (χ0) is 21.8. The van der Waals surface area contributed by atoms with Crippen molar-refractivity contribution < 1.29 is 14.3 Å². The van der Waals surface area contributed by atoms with E-state index in [1.54, 1.807) is 30.3 Å². The van der Waals surface area contributed by atoms with E-state index in [2.05, 4.69) is 5.32 Å². The first-order valence-corrected chi connectivity index (χ1v) is 10.2. The predicted octanol–water partition coefficient (Wildman–Crippen LogP) is 4.80. The van der Waals surface area contributed by atoms with Gasteiger partial charge in [0.05, 0.1) is 0 Å². The Hall–Kier alpha value is -3.40. The summed E-state index contributed by atoms with van der Waals surface area (Å²) in [5.74, 6) is 0.855. The third kappa shape index (κ3) is 4.85. The highest BCUT2D eigenvalue weighted by Crippen LogP contribution is 2.32. The van der Waals surface area contributed by atoms with Crippen molar-refractivity contribution in [3.63, 3.8) is 0 Å². The molecule has 4 rings (SSSR count). The van der Waals surface area contributed by atoms with Gasteiger partial charge >= 0.3 is 0 Å². The van der Waals surface area contributed by atoms with Crippen LogP contribution in [0.2, 0.25) is 10.0 Å². The first-order chi connectivity index (χ1) is 15.0. The lowest BCUT2D eigenvalue weighted by atomic mass is 10.1. The number of fused-ring (bicyclic) bond motifs is 1. The number of benzene rings is 2. The van der Waals surface area contributed by atoms with Crippen molar-refractivity contribution >= 4 is 35.2 Å². The van der Waals surface area contributed by atoms with Crippen molar-refractivity contribution in [3.05, 3.63) is 87.2 Å². The van der Waals surface area contributed by atoms with E-state index < -0.39 is 5.91 Å². The highest BCUT2D eigenvalue weighted by atomic mass is 35.5. The van der Waals surface area contributed by atoms with Crippen LogP contribution < -0.4 is 14.8 Å². The van der Waals surface area contributed by atoms with Crippen molar-refractivity contribution in [1.29, 1.82) is 5.26 Å². The summed E-state index contributed by atoms with van der Waals surface area (Å²) in [6, 6.07) is 16.4. The molecule has 2 aromatic carbocycles. The molecule has 0 aliphatic carbocycles. The van der Waals surface area contributed by atoms with Gasteiger partial charge in [0.2, 0.25) is 6.79 Å². The van der Waals surface area contributed by atoms with Gasteiger partial charge in [-0.1, -0.05) is 35.3 Å². The number of rotatable bonds is 6. The minimum Gasteiger partial charge on any atom is -0.454 e. The van der Waals surface area contributed by atoms with E-state index in [-0.39, 0.29) is 18.9 Å². The van der Waals surface area contributed by atoms with Gasteiger partial charge in [-0.2, -0.15) is 5.26 Å². The van der Waals surface area contributed by atoms with Crippen LogP contribution in [0.5, 0.6) is 11.5 Å². The monoisotopic (exact) mass is 453 g/mol. The zero-order valence-corrected chi connectivity index (χ0v) is 17.8. The lowest BCUT2D eigenvalue weighted by molar-refractivity contribution is -0.117. The molecule has 1 amide bonds. The standard InChI is InChI=1S/C23H17Cl2N3O3/c24-18-5-4-16(20(25)10-18)13-28-7-1-2-19(28)9-17(11-26)23(29)27-12-15-3-6-21-22(8-15)31-14-30-21/h1-10H,12-14H2,(H,27,29)/b17-9+. The highest BCUT2D eigenvalue weighted by molar-refractivity contribution is 6.35. The van der Waals surface area contributed by atoms with Gasteiger partial charge in [0.15, 0.2) is 11.5 Å². The average Bonchev–Trinajstić information content (AvgIpc) is 3.41. The normalized spacial score (nSPS) is 12.5.